The van der Waals surface area contributed by atoms with E-state index in [2.05, 4.69) is 380 Å². The number of hydrogen-bond donors (Lipinski definition) is 0. The van der Waals surface area contributed by atoms with Crippen LogP contribution in [-0.4, -0.2) is 0 Å². The molecule has 5 heteroatoms. The summed E-state index contributed by atoms with van der Waals surface area (Å²) in [4.78, 5) is 0. The van der Waals surface area contributed by atoms with Crippen molar-refractivity contribution in [3.63, 3.8) is 0 Å². The third kappa shape index (κ3) is 21.9. The highest BCUT2D eigenvalue weighted by Gasteiger charge is 2.39. The number of benzene rings is 5. The lowest BCUT2D eigenvalue weighted by Crippen LogP contribution is -2.38. The standard InChI is InChI=1S/C26H40N.C25H38N.2C21H30N.C20H28N/c1-10-25(7,11-2)22-17-24(21-15-14-19(5)16-20(21)6)27(9)18-23(22)26(8,12-3)13-4;1-9-24(6,10-2)21-17-23(20-16-14-13-15-19(20)5)26(8)18-22(21)25(7,11-3)12-4;2*1-8-21(6,9-2)19-14-22(7)20(13-17(19)5)18-11-10-15(3)12-16(18)4;1-7-20(5,8-2)18-14-21(6)19(13-16(18)4)17-12-10-9-11-15(17)3/h14-18H,10-13H2,1-9H3;13-18H,9-12H2,1-8H3;2*10-14H,8-9H2,1-7H3;9-14H,7-8H2,1-6H3/q5*+1/i5D3;;3D3;;. The van der Waals surface area contributed by atoms with Crippen LogP contribution < -0.4 is 22.8 Å². The minimum absolute atomic E-state index is 0.108. The van der Waals surface area contributed by atoms with E-state index in [4.69, 9.17) is 8.22 Å². The molecule has 0 fully saturated rings. The summed E-state index contributed by atoms with van der Waals surface area (Å²) in [6.45, 7) is 64.1. The van der Waals surface area contributed by atoms with Gasteiger partial charge in [0.1, 0.15) is 35.2 Å². The molecule has 0 atom stereocenters. The van der Waals surface area contributed by atoms with Gasteiger partial charge in [0.25, 0.3) is 0 Å². The normalized spacial score (nSPS) is 13.0. The van der Waals surface area contributed by atoms with E-state index in [-0.39, 0.29) is 37.9 Å². The zero-order valence-corrected chi connectivity index (χ0v) is 81.2. The molecule has 0 bridgehead atoms. The van der Waals surface area contributed by atoms with Crippen molar-refractivity contribution in [1.82, 2.24) is 0 Å². The maximum atomic E-state index is 7.72. The van der Waals surface area contributed by atoms with Gasteiger partial charge in [-0.2, -0.15) is 0 Å². The summed E-state index contributed by atoms with van der Waals surface area (Å²) in [6, 6.07) is 46.9. The van der Waals surface area contributed by atoms with Gasteiger partial charge in [-0.15, -0.1) is 0 Å². The Kier molecular flexibility index (Phi) is 31.6. The Bertz CT molecular complexity index is 5230. The summed E-state index contributed by atoms with van der Waals surface area (Å²) < 4.78 is 57.2. The highest BCUT2D eigenvalue weighted by Crippen LogP contribution is 2.46. The fourth-order valence-electron chi connectivity index (χ4n) is 17.9. The Balaban J connectivity index is 0.000000241. The number of aromatic nitrogens is 5. The average Bonchev–Trinajstić information content (AvgIpc) is 0.757. The Labute approximate surface area is 732 Å². The molecule has 0 N–H and O–H groups in total. The summed E-state index contributed by atoms with van der Waals surface area (Å²) in [7, 11) is 10.7. The first-order valence-electron chi connectivity index (χ1n) is 48.4. The van der Waals surface area contributed by atoms with Crippen LogP contribution in [0.5, 0.6) is 0 Å². The lowest BCUT2D eigenvalue weighted by molar-refractivity contribution is -0.661. The summed E-state index contributed by atoms with van der Waals surface area (Å²) in [5.41, 5.74) is 36.3. The smallest absolute Gasteiger partial charge is 0.201 e. The first-order valence-corrected chi connectivity index (χ1v) is 45.4. The van der Waals surface area contributed by atoms with Gasteiger partial charge >= 0.3 is 0 Å². The third-order valence-corrected chi connectivity index (χ3v) is 30.0. The molecular weight excluding hydrogens is 1430 g/mol. The Morgan fingerprint density at radius 3 is 0.636 bits per heavy atom. The quantitative estimate of drug-likeness (QED) is 0.0482. The molecule has 0 saturated carbocycles. The van der Waals surface area contributed by atoms with E-state index in [1.807, 2.05) is 32.0 Å². The lowest BCUT2D eigenvalue weighted by Gasteiger charge is -2.36. The van der Waals surface area contributed by atoms with Crippen molar-refractivity contribution in [3.05, 3.63) is 265 Å². The Morgan fingerprint density at radius 1 is 0.212 bits per heavy atom. The molecule has 5 nitrogen and oxygen atoms in total. The van der Waals surface area contributed by atoms with E-state index in [1.165, 1.54) is 157 Å². The van der Waals surface area contributed by atoms with Crippen LogP contribution in [0.25, 0.3) is 56.3 Å². The number of pyridine rings is 5. The molecule has 0 aliphatic rings. The molecule has 0 saturated heterocycles. The van der Waals surface area contributed by atoms with Gasteiger partial charge in [-0.1, -0.05) is 235 Å². The highest BCUT2D eigenvalue weighted by molar-refractivity contribution is 5.67. The highest BCUT2D eigenvalue weighted by atomic mass is 14.9. The predicted octanol–water partition coefficient (Wildman–Crippen LogP) is 28.8. The van der Waals surface area contributed by atoms with Crippen molar-refractivity contribution in [2.24, 2.45) is 35.2 Å². The van der Waals surface area contributed by atoms with Gasteiger partial charge in [-0.25, -0.2) is 22.8 Å². The Morgan fingerprint density at radius 2 is 0.407 bits per heavy atom. The lowest BCUT2D eigenvalue weighted by atomic mass is 9.68. The first kappa shape index (κ1) is 89.1. The molecule has 0 aliphatic heterocycles. The number of rotatable bonds is 26. The minimum Gasteiger partial charge on any atom is -0.201 e. The largest absolute Gasteiger partial charge is 0.212 e. The molecule has 0 spiro atoms. The SMILES string of the molecule is CCC(C)(CC)c1c[n+](C)c(-c2ccc(C)cc2C)cc1C.CCC(C)(CC)c1c[n+](C)c(-c2ccccc2C)cc1C.CCC(C)(CC)c1cc(-c2ccccc2C)[n+](C)cc1C(C)(CC)CC.[2H]C([2H])([2H])c1ccc(-c2cc(C(C)(CC)CC)c(C(C)(CC)CC)c[n+]2C)c(C)c1.[2H]C([2H])([2H])c1ccc(-c2cc(C)c(C(C)(CC)CC)c[n+]2C)c(C)c1. The van der Waals surface area contributed by atoms with E-state index in [0.29, 0.717) is 11.1 Å². The van der Waals surface area contributed by atoms with E-state index in [0.717, 1.165) is 72.2 Å². The van der Waals surface area contributed by atoms with Crippen LogP contribution in [0.3, 0.4) is 0 Å². The van der Waals surface area contributed by atoms with Gasteiger partial charge < -0.3 is 0 Å². The fourth-order valence-corrected chi connectivity index (χ4v) is 17.9. The van der Waals surface area contributed by atoms with Crippen molar-refractivity contribution < 1.29 is 31.1 Å². The summed E-state index contributed by atoms with van der Waals surface area (Å²) >= 11 is 0. The minimum atomic E-state index is -2.08. The first-order chi connectivity index (χ1) is 57.9. The van der Waals surface area contributed by atoms with Crippen molar-refractivity contribution in [2.45, 2.75) is 349 Å². The van der Waals surface area contributed by atoms with Gasteiger partial charge in [-0.3, -0.25) is 0 Å². The molecule has 638 valence electrons. The second-order valence-electron chi connectivity index (χ2n) is 37.2. The van der Waals surface area contributed by atoms with Crippen molar-refractivity contribution in [3.8, 4) is 56.3 Å². The van der Waals surface area contributed by atoms with Crippen LogP contribution in [-0.2, 0) is 73.1 Å². The van der Waals surface area contributed by atoms with E-state index >= 15 is 0 Å². The molecule has 5 heterocycles. The summed E-state index contributed by atoms with van der Waals surface area (Å²) in [5, 5.41) is 0. The molecule has 0 radical (unpaired) electrons. The molecule has 5 aromatic carbocycles. The van der Waals surface area contributed by atoms with Gasteiger partial charge in [0.2, 0.25) is 28.5 Å². The molecule has 5 aromatic heterocycles. The van der Waals surface area contributed by atoms with Gasteiger partial charge in [0.15, 0.2) is 31.0 Å². The zero-order chi connectivity index (χ0) is 93.5. The summed E-state index contributed by atoms with van der Waals surface area (Å²) in [5.74, 6) is 0. The Hall–Kier alpha value is -8.15. The van der Waals surface area contributed by atoms with Crippen LogP contribution in [0.15, 0.2) is 164 Å². The molecule has 10 rings (SSSR count). The number of aryl methyl sites for hydroxylation is 16. The van der Waals surface area contributed by atoms with E-state index < -0.39 is 13.7 Å². The molecule has 118 heavy (non-hydrogen) atoms. The second kappa shape index (κ2) is 41.9. The van der Waals surface area contributed by atoms with Gasteiger partial charge in [-0.05, 0) is 290 Å². The monoisotopic (exact) mass is 1600 g/mol. The van der Waals surface area contributed by atoms with E-state index in [9.17, 15) is 0 Å². The predicted molar refractivity (Wildman–Crippen MR) is 513 cm³/mol. The van der Waals surface area contributed by atoms with Crippen molar-refractivity contribution in [1.29, 1.82) is 0 Å². The molecule has 0 aliphatic carbocycles. The second-order valence-corrected chi connectivity index (χ2v) is 37.2. The maximum absolute atomic E-state index is 7.72. The van der Waals surface area contributed by atoms with Crippen molar-refractivity contribution in [2.75, 3.05) is 0 Å². The van der Waals surface area contributed by atoms with Crippen LogP contribution in [0, 0.1) is 76.0 Å². The average molecular weight is 1600 g/mol. The summed E-state index contributed by atoms with van der Waals surface area (Å²) in [6.07, 6.45) is 27.7. The van der Waals surface area contributed by atoms with Gasteiger partial charge in [0.05, 0.1) is 0 Å². The van der Waals surface area contributed by atoms with Crippen molar-refractivity contribution >= 4 is 0 Å². The van der Waals surface area contributed by atoms with Crippen LogP contribution in [0.4, 0.5) is 0 Å². The molecule has 10 aromatic rings. The molecule has 0 amide bonds. The molecular formula is C113H166N5+5. The fraction of sp³-hybridized carbons (Fsp3) is 0.513. The maximum Gasteiger partial charge on any atom is 0.212 e. The number of hydrogen-bond acceptors (Lipinski definition) is 0. The van der Waals surface area contributed by atoms with E-state index in [1.54, 1.807) is 23.8 Å². The third-order valence-electron chi connectivity index (χ3n) is 30.0. The molecule has 0 unspecified atom stereocenters. The van der Waals surface area contributed by atoms with Crippen LogP contribution in [0.1, 0.15) is 344 Å². The topological polar surface area (TPSA) is 19.4 Å². The van der Waals surface area contributed by atoms with Crippen LogP contribution in [0.2, 0.25) is 0 Å². The zero-order valence-electron chi connectivity index (χ0n) is 87.2. The van der Waals surface area contributed by atoms with Gasteiger partial charge in [0, 0.05) is 94.2 Å². The number of nitrogens with zero attached hydrogens (tertiary/aromatic N) is 5. The van der Waals surface area contributed by atoms with Crippen LogP contribution >= 0.6 is 0 Å².